The zero-order valence-electron chi connectivity index (χ0n) is 15.4. The molecular formula is C21H21N3O2. The van der Waals surface area contributed by atoms with Crippen LogP contribution >= 0.6 is 0 Å². The first-order valence-corrected chi connectivity index (χ1v) is 8.46. The minimum atomic E-state index is 0.436. The summed E-state index contributed by atoms with van der Waals surface area (Å²) in [5.41, 5.74) is 5.33. The van der Waals surface area contributed by atoms with Crippen LogP contribution in [0.1, 0.15) is 29.4 Å². The maximum absolute atomic E-state index is 9.67. The molecule has 0 amide bonds. The van der Waals surface area contributed by atoms with Crippen molar-refractivity contribution in [1.82, 2.24) is 9.97 Å². The number of imidazole rings is 1. The van der Waals surface area contributed by atoms with Gasteiger partial charge in [0.2, 0.25) is 0 Å². The molecular weight excluding hydrogens is 326 g/mol. The fourth-order valence-electron chi connectivity index (χ4n) is 2.81. The van der Waals surface area contributed by atoms with E-state index in [-0.39, 0.29) is 0 Å². The molecule has 3 rings (SSSR count). The largest absolute Gasteiger partial charge is 0.493 e. The number of rotatable bonds is 5. The van der Waals surface area contributed by atoms with Crippen LogP contribution in [-0.4, -0.2) is 23.7 Å². The number of aryl methyl sites for hydroxylation is 2. The number of ether oxygens (including phenoxy) is 2. The Hall–Kier alpha value is -3.26. The number of hydrogen-bond acceptors (Lipinski definition) is 4. The molecule has 132 valence electrons. The maximum atomic E-state index is 9.67. The molecule has 1 N–H and O–H groups in total. The van der Waals surface area contributed by atoms with Crippen molar-refractivity contribution in [2.75, 3.05) is 13.7 Å². The van der Waals surface area contributed by atoms with Crippen LogP contribution in [0, 0.1) is 25.2 Å². The van der Waals surface area contributed by atoms with Crippen molar-refractivity contribution < 1.29 is 9.47 Å². The molecule has 0 aliphatic heterocycles. The van der Waals surface area contributed by atoms with Crippen molar-refractivity contribution in [3.8, 4) is 17.6 Å². The van der Waals surface area contributed by atoms with E-state index in [1.165, 1.54) is 11.1 Å². The van der Waals surface area contributed by atoms with Crippen LogP contribution in [-0.2, 0) is 0 Å². The zero-order valence-corrected chi connectivity index (χ0v) is 15.4. The lowest BCUT2D eigenvalue weighted by Gasteiger charge is -2.12. The van der Waals surface area contributed by atoms with Gasteiger partial charge in [-0.05, 0) is 56.2 Å². The molecule has 1 heterocycles. The third-order valence-electron chi connectivity index (χ3n) is 4.29. The van der Waals surface area contributed by atoms with Crippen LogP contribution in [0.2, 0.25) is 0 Å². The first kappa shape index (κ1) is 17.6. The van der Waals surface area contributed by atoms with Gasteiger partial charge in [0.1, 0.15) is 11.9 Å². The molecule has 0 radical (unpaired) electrons. The van der Waals surface area contributed by atoms with Crippen molar-refractivity contribution in [1.29, 1.82) is 5.26 Å². The van der Waals surface area contributed by atoms with E-state index in [1.54, 1.807) is 13.2 Å². The van der Waals surface area contributed by atoms with E-state index in [4.69, 9.17) is 9.47 Å². The number of aromatic nitrogens is 2. The lowest BCUT2D eigenvalue weighted by Crippen LogP contribution is -1.98. The highest BCUT2D eigenvalue weighted by Gasteiger charge is 2.13. The van der Waals surface area contributed by atoms with Gasteiger partial charge in [-0.15, -0.1) is 0 Å². The summed E-state index contributed by atoms with van der Waals surface area (Å²) in [5, 5.41) is 9.67. The Kier molecular flexibility index (Phi) is 4.94. The molecule has 0 atom stereocenters. The molecule has 5 nitrogen and oxygen atoms in total. The van der Waals surface area contributed by atoms with Gasteiger partial charge in [-0.1, -0.05) is 12.1 Å². The smallest absolute Gasteiger partial charge is 0.168 e. The number of benzene rings is 2. The molecule has 0 fully saturated rings. The van der Waals surface area contributed by atoms with E-state index >= 15 is 0 Å². The second-order valence-corrected chi connectivity index (χ2v) is 6.02. The molecule has 0 aliphatic rings. The predicted octanol–water partition coefficient (Wildman–Crippen LogP) is 4.65. The first-order chi connectivity index (χ1) is 12.6. The minimum absolute atomic E-state index is 0.436. The van der Waals surface area contributed by atoms with Gasteiger partial charge in [0, 0.05) is 5.56 Å². The second-order valence-electron chi connectivity index (χ2n) is 6.02. The number of hydrogen-bond donors (Lipinski definition) is 1. The Morgan fingerprint density at radius 2 is 2.04 bits per heavy atom. The Balaban J connectivity index is 2.11. The van der Waals surface area contributed by atoms with Crippen LogP contribution in [0.15, 0.2) is 30.3 Å². The van der Waals surface area contributed by atoms with E-state index in [0.29, 0.717) is 29.5 Å². The van der Waals surface area contributed by atoms with Gasteiger partial charge < -0.3 is 14.5 Å². The van der Waals surface area contributed by atoms with Crippen molar-refractivity contribution in [2.45, 2.75) is 20.8 Å². The van der Waals surface area contributed by atoms with Crippen molar-refractivity contribution in [2.24, 2.45) is 0 Å². The highest BCUT2D eigenvalue weighted by atomic mass is 16.5. The molecule has 1 aromatic heterocycles. The number of fused-ring (bicyclic) bond motifs is 1. The van der Waals surface area contributed by atoms with Gasteiger partial charge in [0.25, 0.3) is 0 Å². The SMILES string of the molecule is CCOc1c(/C=C(\C#N)c2nc3cc(C)c(C)cc3[nH]2)cccc1OC. The monoisotopic (exact) mass is 347 g/mol. The average molecular weight is 347 g/mol. The van der Waals surface area contributed by atoms with E-state index in [9.17, 15) is 5.26 Å². The normalized spacial score (nSPS) is 11.4. The lowest BCUT2D eigenvalue weighted by molar-refractivity contribution is 0.310. The van der Waals surface area contributed by atoms with Gasteiger partial charge in [-0.3, -0.25) is 0 Å². The fourth-order valence-corrected chi connectivity index (χ4v) is 2.81. The van der Waals surface area contributed by atoms with Gasteiger partial charge in [-0.2, -0.15) is 5.26 Å². The van der Waals surface area contributed by atoms with E-state index < -0.39 is 0 Å². The molecule has 0 saturated heterocycles. The maximum Gasteiger partial charge on any atom is 0.168 e. The molecule has 0 aliphatic carbocycles. The number of nitriles is 1. The van der Waals surface area contributed by atoms with Crippen LogP contribution < -0.4 is 9.47 Å². The number of methoxy groups -OCH3 is 1. The number of para-hydroxylation sites is 1. The van der Waals surface area contributed by atoms with Crippen molar-refractivity contribution in [3.05, 3.63) is 52.8 Å². The minimum Gasteiger partial charge on any atom is -0.493 e. The van der Waals surface area contributed by atoms with Crippen molar-refractivity contribution in [3.63, 3.8) is 0 Å². The quantitative estimate of drug-likeness (QED) is 0.682. The fraction of sp³-hybridized carbons (Fsp3) is 0.238. The zero-order chi connectivity index (χ0) is 18.7. The molecule has 0 spiro atoms. The number of aromatic amines is 1. The molecule has 26 heavy (non-hydrogen) atoms. The van der Waals surface area contributed by atoms with Gasteiger partial charge in [-0.25, -0.2) is 4.98 Å². The second kappa shape index (κ2) is 7.32. The molecule has 0 unspecified atom stereocenters. The highest BCUT2D eigenvalue weighted by Crippen LogP contribution is 2.33. The van der Waals surface area contributed by atoms with Gasteiger partial charge >= 0.3 is 0 Å². The summed E-state index contributed by atoms with van der Waals surface area (Å²) in [6.45, 7) is 6.52. The first-order valence-electron chi connectivity index (χ1n) is 8.46. The average Bonchev–Trinajstić information content (AvgIpc) is 3.03. The topological polar surface area (TPSA) is 70.9 Å². The van der Waals surface area contributed by atoms with E-state index in [0.717, 1.165) is 16.6 Å². The summed E-state index contributed by atoms with van der Waals surface area (Å²) in [4.78, 5) is 7.82. The summed E-state index contributed by atoms with van der Waals surface area (Å²) in [6.07, 6.45) is 1.77. The van der Waals surface area contributed by atoms with Crippen LogP contribution in [0.3, 0.4) is 0 Å². The number of nitrogens with one attached hydrogen (secondary N) is 1. The summed E-state index contributed by atoms with van der Waals surface area (Å²) in [7, 11) is 1.60. The lowest BCUT2D eigenvalue weighted by atomic mass is 10.1. The van der Waals surface area contributed by atoms with Crippen LogP contribution in [0.25, 0.3) is 22.7 Å². The number of nitrogens with zero attached hydrogens (tertiary/aromatic N) is 2. The molecule has 0 saturated carbocycles. The Morgan fingerprint density at radius 3 is 2.73 bits per heavy atom. The molecule has 3 aromatic rings. The standard InChI is InChI=1S/C21H21N3O2/c1-5-26-20-15(7-6-8-19(20)25-4)11-16(12-22)21-23-17-9-13(2)14(3)10-18(17)24-21/h6-11H,5H2,1-4H3,(H,23,24)/b16-11+. The summed E-state index contributed by atoms with van der Waals surface area (Å²) in [6, 6.07) is 11.9. The Bertz CT molecular complexity index is 987. The summed E-state index contributed by atoms with van der Waals surface area (Å²) in [5.74, 6) is 1.79. The molecule has 5 heteroatoms. The Morgan fingerprint density at radius 1 is 1.27 bits per heavy atom. The Labute approximate surface area is 152 Å². The number of H-pyrrole nitrogens is 1. The number of allylic oxidation sites excluding steroid dienone is 1. The summed E-state index contributed by atoms with van der Waals surface area (Å²) >= 11 is 0. The van der Waals surface area contributed by atoms with E-state index in [2.05, 4.69) is 29.9 Å². The third-order valence-corrected chi connectivity index (χ3v) is 4.29. The van der Waals surface area contributed by atoms with Crippen molar-refractivity contribution >= 4 is 22.7 Å². The van der Waals surface area contributed by atoms with Gasteiger partial charge in [0.15, 0.2) is 11.5 Å². The summed E-state index contributed by atoms with van der Waals surface area (Å²) < 4.78 is 11.1. The third kappa shape index (κ3) is 3.27. The van der Waals surface area contributed by atoms with Crippen LogP contribution in [0.5, 0.6) is 11.5 Å². The molecule has 2 aromatic carbocycles. The van der Waals surface area contributed by atoms with Crippen LogP contribution in [0.4, 0.5) is 0 Å². The molecule has 0 bridgehead atoms. The predicted molar refractivity (Wildman–Crippen MR) is 103 cm³/mol. The highest BCUT2D eigenvalue weighted by molar-refractivity contribution is 5.91. The van der Waals surface area contributed by atoms with E-state index in [1.807, 2.05) is 37.3 Å². The van der Waals surface area contributed by atoms with Gasteiger partial charge in [0.05, 0.1) is 30.3 Å².